The first-order valence-corrected chi connectivity index (χ1v) is 5.91. The van der Waals surface area contributed by atoms with Crippen LogP contribution in [0, 0.1) is 5.82 Å². The van der Waals surface area contributed by atoms with E-state index in [4.69, 9.17) is 0 Å². The predicted molar refractivity (Wildman–Crippen MR) is 59.8 cm³/mol. The summed E-state index contributed by atoms with van der Waals surface area (Å²) < 4.78 is 13.9. The summed E-state index contributed by atoms with van der Waals surface area (Å²) in [5.74, 6) is 0.340. The van der Waals surface area contributed by atoms with E-state index in [-0.39, 0.29) is 5.82 Å². The third kappa shape index (κ3) is 1.64. The Balaban J connectivity index is 2.05. The molecule has 1 aromatic carbocycles. The first kappa shape index (κ1) is 9.24. The molecule has 1 aliphatic rings. The van der Waals surface area contributed by atoms with Crippen molar-refractivity contribution in [3.8, 4) is 0 Å². The minimum atomic E-state index is -0.178. The lowest BCUT2D eigenvalue weighted by Crippen LogP contribution is -2.07. The number of hydrogen-bond acceptors (Lipinski definition) is 3. The van der Waals surface area contributed by atoms with Crippen LogP contribution in [0.15, 0.2) is 18.2 Å². The molecule has 1 aliphatic heterocycles. The average Bonchev–Trinajstić information content (AvgIpc) is 2.84. The van der Waals surface area contributed by atoms with Crippen molar-refractivity contribution in [2.45, 2.75) is 12.3 Å². The van der Waals surface area contributed by atoms with Crippen LogP contribution in [0.3, 0.4) is 0 Å². The van der Waals surface area contributed by atoms with Gasteiger partial charge < -0.3 is 5.32 Å². The van der Waals surface area contributed by atoms with E-state index >= 15 is 0 Å². The number of nitrogens with one attached hydrogen (secondary N) is 1. The highest BCUT2D eigenvalue weighted by Crippen LogP contribution is 2.30. The summed E-state index contributed by atoms with van der Waals surface area (Å²) >= 11 is 1.62. The van der Waals surface area contributed by atoms with Crippen LogP contribution in [0.25, 0.3) is 10.2 Å². The molecule has 1 saturated heterocycles. The van der Waals surface area contributed by atoms with Crippen LogP contribution in [0.2, 0.25) is 0 Å². The van der Waals surface area contributed by atoms with Crippen LogP contribution < -0.4 is 5.32 Å². The molecule has 0 radical (unpaired) electrons. The molecule has 78 valence electrons. The number of hydrogen-bond donors (Lipinski definition) is 1. The van der Waals surface area contributed by atoms with E-state index in [0.29, 0.717) is 5.92 Å². The standard InChI is InChI=1S/C11H11FN2S/c12-8-1-2-9-10(5-8)15-11(14-9)7-3-4-13-6-7/h1-2,5,7,13H,3-4,6H2. The Morgan fingerprint density at radius 3 is 3.20 bits per heavy atom. The molecule has 0 aliphatic carbocycles. The van der Waals surface area contributed by atoms with E-state index in [2.05, 4.69) is 10.3 Å². The van der Waals surface area contributed by atoms with Crippen molar-refractivity contribution < 1.29 is 4.39 Å². The van der Waals surface area contributed by atoms with Gasteiger partial charge in [0.05, 0.1) is 15.2 Å². The minimum absolute atomic E-state index is 0.178. The fourth-order valence-electron chi connectivity index (χ4n) is 1.96. The molecule has 4 heteroatoms. The largest absolute Gasteiger partial charge is 0.316 e. The first-order chi connectivity index (χ1) is 7.33. The zero-order valence-corrected chi connectivity index (χ0v) is 8.98. The topological polar surface area (TPSA) is 24.9 Å². The Morgan fingerprint density at radius 2 is 2.40 bits per heavy atom. The highest BCUT2D eigenvalue weighted by molar-refractivity contribution is 7.18. The van der Waals surface area contributed by atoms with Gasteiger partial charge in [0.2, 0.25) is 0 Å². The van der Waals surface area contributed by atoms with Crippen molar-refractivity contribution in [1.82, 2.24) is 10.3 Å². The maximum absolute atomic E-state index is 13.0. The first-order valence-electron chi connectivity index (χ1n) is 5.09. The fraction of sp³-hybridized carbons (Fsp3) is 0.364. The molecule has 15 heavy (non-hydrogen) atoms. The number of thiazole rings is 1. The Hall–Kier alpha value is -1.00. The quantitative estimate of drug-likeness (QED) is 0.802. The summed E-state index contributed by atoms with van der Waals surface area (Å²) in [5.41, 5.74) is 0.920. The molecule has 2 heterocycles. The van der Waals surface area contributed by atoms with Crippen LogP contribution in [0.1, 0.15) is 17.3 Å². The molecule has 2 aromatic rings. The van der Waals surface area contributed by atoms with Crippen LogP contribution in [0.4, 0.5) is 4.39 Å². The molecule has 0 spiro atoms. The third-order valence-electron chi connectivity index (χ3n) is 2.78. The van der Waals surface area contributed by atoms with Gasteiger partial charge in [0.1, 0.15) is 5.82 Å². The second kappa shape index (κ2) is 3.54. The van der Waals surface area contributed by atoms with Crippen LogP contribution >= 0.6 is 11.3 Å². The summed E-state index contributed by atoms with van der Waals surface area (Å²) in [4.78, 5) is 4.55. The van der Waals surface area contributed by atoms with Gasteiger partial charge in [0, 0.05) is 12.5 Å². The number of nitrogens with zero attached hydrogens (tertiary/aromatic N) is 1. The van der Waals surface area contributed by atoms with Crippen molar-refractivity contribution in [2.24, 2.45) is 0 Å². The molecule has 0 bridgehead atoms. The minimum Gasteiger partial charge on any atom is -0.316 e. The summed E-state index contributed by atoms with van der Waals surface area (Å²) in [6.45, 7) is 2.07. The molecule has 1 unspecified atom stereocenters. The van der Waals surface area contributed by atoms with Crippen LogP contribution in [-0.2, 0) is 0 Å². The Bertz CT molecular complexity index is 488. The molecule has 0 saturated carbocycles. The number of halogens is 1. The number of aromatic nitrogens is 1. The zero-order chi connectivity index (χ0) is 10.3. The van der Waals surface area contributed by atoms with Crippen molar-refractivity contribution in [1.29, 1.82) is 0 Å². The SMILES string of the molecule is Fc1ccc2nc(C3CCNC3)sc2c1. The summed E-state index contributed by atoms with van der Waals surface area (Å²) in [7, 11) is 0. The summed E-state index contributed by atoms with van der Waals surface area (Å²) in [6.07, 6.45) is 1.14. The second-order valence-electron chi connectivity index (χ2n) is 3.85. The van der Waals surface area contributed by atoms with E-state index < -0.39 is 0 Å². The lowest BCUT2D eigenvalue weighted by molar-refractivity contribution is 0.630. The Labute approximate surface area is 91.1 Å². The fourth-order valence-corrected chi connectivity index (χ4v) is 3.08. The summed E-state index contributed by atoms with van der Waals surface area (Å²) in [6, 6.07) is 4.80. The van der Waals surface area contributed by atoms with Crippen LogP contribution in [0.5, 0.6) is 0 Å². The predicted octanol–water partition coefficient (Wildman–Crippen LogP) is 2.51. The molecule has 2 nitrogen and oxygen atoms in total. The highest BCUT2D eigenvalue weighted by atomic mass is 32.1. The maximum Gasteiger partial charge on any atom is 0.124 e. The Morgan fingerprint density at radius 1 is 1.47 bits per heavy atom. The third-order valence-corrected chi connectivity index (χ3v) is 3.96. The van der Waals surface area contributed by atoms with Gasteiger partial charge in [-0.05, 0) is 31.2 Å². The monoisotopic (exact) mass is 222 g/mol. The van der Waals surface area contributed by atoms with E-state index in [1.54, 1.807) is 23.5 Å². The normalized spacial score (nSPS) is 21.3. The van der Waals surface area contributed by atoms with E-state index in [0.717, 1.165) is 34.7 Å². The highest BCUT2D eigenvalue weighted by Gasteiger charge is 2.20. The van der Waals surface area contributed by atoms with Gasteiger partial charge in [-0.15, -0.1) is 11.3 Å². The average molecular weight is 222 g/mol. The van der Waals surface area contributed by atoms with E-state index in [1.807, 2.05) is 0 Å². The van der Waals surface area contributed by atoms with E-state index in [1.165, 1.54) is 6.07 Å². The van der Waals surface area contributed by atoms with Gasteiger partial charge in [-0.3, -0.25) is 0 Å². The molecule has 3 rings (SSSR count). The van der Waals surface area contributed by atoms with Gasteiger partial charge in [-0.25, -0.2) is 9.37 Å². The van der Waals surface area contributed by atoms with Gasteiger partial charge in [-0.1, -0.05) is 0 Å². The molecule has 1 aromatic heterocycles. The molecule has 1 N–H and O–H groups in total. The Kier molecular flexibility index (Phi) is 2.18. The second-order valence-corrected chi connectivity index (χ2v) is 4.92. The molecule has 1 atom stereocenters. The van der Waals surface area contributed by atoms with Crippen LogP contribution in [-0.4, -0.2) is 18.1 Å². The van der Waals surface area contributed by atoms with Crippen molar-refractivity contribution in [3.63, 3.8) is 0 Å². The number of rotatable bonds is 1. The molecular formula is C11H11FN2S. The lowest BCUT2D eigenvalue weighted by atomic mass is 10.1. The molecular weight excluding hydrogens is 211 g/mol. The van der Waals surface area contributed by atoms with Gasteiger partial charge in [0.25, 0.3) is 0 Å². The smallest absolute Gasteiger partial charge is 0.124 e. The van der Waals surface area contributed by atoms with Crippen molar-refractivity contribution in [3.05, 3.63) is 29.0 Å². The van der Waals surface area contributed by atoms with Gasteiger partial charge in [0.15, 0.2) is 0 Å². The molecule has 1 fully saturated rings. The number of fused-ring (bicyclic) bond motifs is 1. The van der Waals surface area contributed by atoms with E-state index in [9.17, 15) is 4.39 Å². The summed E-state index contributed by atoms with van der Waals surface area (Å²) in [5, 5.41) is 4.46. The zero-order valence-electron chi connectivity index (χ0n) is 8.16. The lowest BCUT2D eigenvalue weighted by Gasteiger charge is -2.00. The van der Waals surface area contributed by atoms with Gasteiger partial charge >= 0.3 is 0 Å². The van der Waals surface area contributed by atoms with Crippen molar-refractivity contribution in [2.75, 3.05) is 13.1 Å². The molecule has 0 amide bonds. The maximum atomic E-state index is 13.0. The van der Waals surface area contributed by atoms with Crippen molar-refractivity contribution >= 4 is 21.6 Å². The van der Waals surface area contributed by atoms with Gasteiger partial charge in [-0.2, -0.15) is 0 Å². The number of benzene rings is 1.